The molecular weight excluding hydrogens is 156 g/mol. The summed E-state index contributed by atoms with van der Waals surface area (Å²) >= 11 is 0. The van der Waals surface area contributed by atoms with Crippen LogP contribution in [-0.2, 0) is 21.7 Å². The first-order chi connectivity index (χ1) is 4.09. The predicted molar refractivity (Wildman–Crippen MR) is 43.6 cm³/mol. The first-order valence-corrected chi connectivity index (χ1v) is 3.42. The second kappa shape index (κ2) is 6.51. The first-order valence-electron chi connectivity index (χ1n) is 3.42. The summed E-state index contributed by atoms with van der Waals surface area (Å²) in [7, 11) is 7.02. The Labute approximate surface area is 81.5 Å². The minimum Gasteiger partial charge on any atom is -0.352 e. The van der Waals surface area contributed by atoms with E-state index in [1.807, 2.05) is 0 Å². The van der Waals surface area contributed by atoms with Crippen LogP contribution in [0.5, 0.6) is 0 Å². The van der Waals surface area contributed by atoms with E-state index >= 15 is 0 Å². The summed E-state index contributed by atoms with van der Waals surface area (Å²) in [5.41, 5.74) is 0. The van der Waals surface area contributed by atoms with Crippen molar-refractivity contribution in [2.75, 3.05) is 0 Å². The molecule has 0 unspecified atom stereocenters. The number of nitrogens with zero attached hydrogens (tertiary/aromatic N) is 1. The average molecular weight is 170 g/mol. The molecule has 0 aromatic carbocycles. The average Bonchev–Trinajstić information content (AvgIpc) is 1.64. The maximum Gasteiger partial charge on any atom is 0.149 e. The van der Waals surface area contributed by atoms with Crippen LogP contribution < -0.4 is 0 Å². The molecule has 0 saturated carbocycles. The van der Waals surface area contributed by atoms with Crippen LogP contribution in [0.1, 0.15) is 27.7 Å². The molecule has 0 aliphatic heterocycles. The third-order valence-electron chi connectivity index (χ3n) is 1.36. The van der Waals surface area contributed by atoms with Crippen molar-refractivity contribution in [1.29, 1.82) is 0 Å². The van der Waals surface area contributed by atoms with Gasteiger partial charge in [0, 0.05) is 29.5 Å². The van der Waals surface area contributed by atoms with Crippen LogP contribution in [0.4, 0.5) is 0 Å². The Morgan fingerprint density at radius 2 is 1.40 bits per heavy atom. The van der Waals surface area contributed by atoms with Gasteiger partial charge in [0.25, 0.3) is 0 Å². The molecule has 10 heavy (non-hydrogen) atoms. The first kappa shape index (κ1) is 13.4. The van der Waals surface area contributed by atoms with Crippen molar-refractivity contribution in [2.24, 2.45) is 0 Å². The van der Waals surface area contributed by atoms with E-state index in [1.54, 1.807) is 7.31 Å². The van der Waals surface area contributed by atoms with Crippen LogP contribution in [0.25, 0.3) is 0 Å². The molecule has 0 amide bonds. The van der Waals surface area contributed by atoms with Crippen LogP contribution in [0.2, 0.25) is 0 Å². The van der Waals surface area contributed by atoms with Crippen LogP contribution in [0, 0.1) is 0 Å². The number of rotatable bonds is 3. The third kappa shape index (κ3) is 4.59. The summed E-state index contributed by atoms with van der Waals surface area (Å²) < 4.78 is 0. The molecule has 0 N–H and O–H groups in total. The van der Waals surface area contributed by atoms with Crippen molar-refractivity contribution < 1.29 is 21.7 Å². The fourth-order valence-electron chi connectivity index (χ4n) is 0.941. The monoisotopic (exact) mass is 170 g/mol. The maximum atomic E-state index is 5.38. The van der Waals surface area contributed by atoms with Gasteiger partial charge in [0.1, 0.15) is 7.31 Å². The van der Waals surface area contributed by atoms with Crippen LogP contribution >= 0.6 is 0 Å². The summed E-state index contributed by atoms with van der Waals surface area (Å²) in [6.45, 7) is 8.51. The molecule has 0 bridgehead atoms. The molecule has 3 radical (unpaired) electrons. The van der Waals surface area contributed by atoms with E-state index < -0.39 is 0 Å². The molecule has 53 valence electrons. The summed E-state index contributed by atoms with van der Waals surface area (Å²) in [4.78, 5) is 2.11. The van der Waals surface area contributed by atoms with E-state index in [-0.39, 0.29) is 21.7 Å². The Hall–Kier alpha value is 0.804. The second-order valence-electron chi connectivity index (χ2n) is 2.78. The summed E-state index contributed by atoms with van der Waals surface area (Å²) in [5.74, 6) is 0. The van der Waals surface area contributed by atoms with Gasteiger partial charge in [0.15, 0.2) is 0 Å². The molecule has 0 spiro atoms. The molecule has 4 heteroatoms. The molecule has 0 fully saturated rings. The second-order valence-corrected chi connectivity index (χ2v) is 2.78. The standard InChI is InChI=1S/C6H14B2N.Ti/c1-5(2)9(8-7)6(3)4;/h5-6H,1-4H3;. The fourth-order valence-corrected chi connectivity index (χ4v) is 0.941. The normalized spacial score (nSPS) is 10.3. The van der Waals surface area contributed by atoms with E-state index in [0.717, 1.165) is 0 Å². The minimum atomic E-state index is 0. The predicted octanol–water partition coefficient (Wildman–Crippen LogP) is 0.805. The Balaban J connectivity index is 0. The van der Waals surface area contributed by atoms with Crippen LogP contribution in [-0.4, -0.2) is 31.9 Å². The molecule has 0 atom stereocenters. The van der Waals surface area contributed by atoms with E-state index in [9.17, 15) is 0 Å². The van der Waals surface area contributed by atoms with Crippen LogP contribution in [0.3, 0.4) is 0 Å². The molecule has 0 aromatic heterocycles. The minimum absolute atomic E-state index is 0. The van der Waals surface area contributed by atoms with Gasteiger partial charge < -0.3 is 4.81 Å². The zero-order valence-corrected chi connectivity index (χ0v) is 8.82. The molecular formula is C6H14B2NTi. The van der Waals surface area contributed by atoms with E-state index in [2.05, 4.69) is 32.5 Å². The largest absolute Gasteiger partial charge is 0.352 e. The van der Waals surface area contributed by atoms with Gasteiger partial charge in [0.05, 0.1) is 0 Å². The zero-order chi connectivity index (χ0) is 7.44. The van der Waals surface area contributed by atoms with Gasteiger partial charge in [-0.25, -0.2) is 0 Å². The van der Waals surface area contributed by atoms with E-state index in [0.29, 0.717) is 12.1 Å². The molecule has 0 heterocycles. The Morgan fingerprint density at radius 3 is 1.40 bits per heavy atom. The SMILES string of the molecule is [B][B]N(C(C)C)C(C)C.[Ti]. The molecule has 0 aliphatic carbocycles. The van der Waals surface area contributed by atoms with Crippen molar-refractivity contribution in [2.45, 2.75) is 39.8 Å². The zero-order valence-electron chi connectivity index (χ0n) is 7.26. The Kier molecular flexibility index (Phi) is 8.72. The van der Waals surface area contributed by atoms with Gasteiger partial charge >= 0.3 is 0 Å². The van der Waals surface area contributed by atoms with Gasteiger partial charge in [-0.15, -0.1) is 0 Å². The van der Waals surface area contributed by atoms with Gasteiger partial charge in [-0.05, 0) is 12.1 Å². The smallest absolute Gasteiger partial charge is 0.149 e. The van der Waals surface area contributed by atoms with Gasteiger partial charge in [-0.1, -0.05) is 27.7 Å². The van der Waals surface area contributed by atoms with Crippen molar-refractivity contribution in [3.05, 3.63) is 0 Å². The third-order valence-corrected chi connectivity index (χ3v) is 1.36. The van der Waals surface area contributed by atoms with Crippen LogP contribution in [0.15, 0.2) is 0 Å². The summed E-state index contributed by atoms with van der Waals surface area (Å²) in [6, 6.07) is 1.02. The topological polar surface area (TPSA) is 3.24 Å². The van der Waals surface area contributed by atoms with Crippen molar-refractivity contribution in [3.63, 3.8) is 0 Å². The Morgan fingerprint density at radius 1 is 1.10 bits per heavy atom. The number of hydrogen-bond acceptors (Lipinski definition) is 1. The fraction of sp³-hybridized carbons (Fsp3) is 1.00. The van der Waals surface area contributed by atoms with Gasteiger partial charge in [-0.3, -0.25) is 0 Å². The molecule has 0 rings (SSSR count). The van der Waals surface area contributed by atoms with Crippen molar-refractivity contribution in [1.82, 2.24) is 4.81 Å². The van der Waals surface area contributed by atoms with E-state index in [4.69, 9.17) is 7.74 Å². The quantitative estimate of drug-likeness (QED) is 0.566. The molecule has 0 aliphatic rings. The summed E-state index contributed by atoms with van der Waals surface area (Å²) in [6.07, 6.45) is 0. The van der Waals surface area contributed by atoms with E-state index in [1.165, 1.54) is 0 Å². The van der Waals surface area contributed by atoms with Gasteiger partial charge in [-0.2, -0.15) is 0 Å². The number of hydrogen-bond donors (Lipinski definition) is 0. The Bertz CT molecular complexity index is 70.1. The van der Waals surface area contributed by atoms with Crippen molar-refractivity contribution in [3.8, 4) is 0 Å². The molecule has 0 aromatic rings. The molecule has 0 saturated heterocycles. The molecule has 1 nitrogen and oxygen atoms in total. The van der Waals surface area contributed by atoms with Gasteiger partial charge in [0.2, 0.25) is 0 Å². The summed E-state index contributed by atoms with van der Waals surface area (Å²) in [5, 5.41) is 0. The maximum absolute atomic E-state index is 5.38. The van der Waals surface area contributed by atoms with Crippen molar-refractivity contribution >= 4 is 15.0 Å².